The van der Waals surface area contributed by atoms with Gasteiger partial charge in [0.2, 0.25) is 0 Å². The van der Waals surface area contributed by atoms with Gasteiger partial charge in [-0.15, -0.1) is 0 Å². The van der Waals surface area contributed by atoms with Crippen LogP contribution in [0.25, 0.3) is 0 Å². The molecule has 0 bridgehead atoms. The van der Waals surface area contributed by atoms with E-state index in [-0.39, 0.29) is 6.04 Å². The molecule has 1 aromatic carbocycles. The number of hydrogen-bond donors (Lipinski definition) is 2. The van der Waals surface area contributed by atoms with E-state index in [1.807, 2.05) is 12.1 Å². The van der Waals surface area contributed by atoms with Gasteiger partial charge in [0.05, 0.1) is 0 Å². The molecule has 18 heavy (non-hydrogen) atoms. The number of hydrazine groups is 1. The van der Waals surface area contributed by atoms with Crippen LogP contribution in [0, 0.1) is 0 Å². The minimum Gasteiger partial charge on any atom is -0.464 e. The summed E-state index contributed by atoms with van der Waals surface area (Å²) in [5.41, 5.74) is 5.26. The van der Waals surface area contributed by atoms with Crippen molar-refractivity contribution in [3.05, 3.63) is 59.0 Å². The molecule has 0 aliphatic heterocycles. The molecule has 2 rings (SSSR count). The highest BCUT2D eigenvalue weighted by Gasteiger charge is 2.15. The minimum absolute atomic E-state index is 0.0868. The lowest BCUT2D eigenvalue weighted by atomic mass is 10.0. The summed E-state index contributed by atoms with van der Waals surface area (Å²) in [6.07, 6.45) is 1.94. The molecule has 0 saturated heterocycles. The molecule has 0 aliphatic rings. The standard InChI is InChI=1S/C15H20N2O/c1-3-11-5-7-12(8-6-11)15(17-16)14-10-9-13(4-2)18-14/h5-10,15,17H,3-4,16H2,1-2H3. The first-order valence-corrected chi connectivity index (χ1v) is 6.42. The van der Waals surface area contributed by atoms with Crippen molar-refractivity contribution < 1.29 is 4.42 Å². The first kappa shape index (κ1) is 12.9. The molecule has 0 saturated carbocycles. The van der Waals surface area contributed by atoms with Crippen molar-refractivity contribution in [1.82, 2.24) is 5.43 Å². The normalized spacial score (nSPS) is 12.6. The smallest absolute Gasteiger partial charge is 0.126 e. The molecular formula is C15H20N2O. The molecule has 3 nitrogen and oxygen atoms in total. The fraction of sp³-hybridized carbons (Fsp3) is 0.333. The fourth-order valence-corrected chi connectivity index (χ4v) is 2.03. The molecule has 3 N–H and O–H groups in total. The number of benzene rings is 1. The first-order chi connectivity index (χ1) is 8.78. The van der Waals surface area contributed by atoms with Crippen molar-refractivity contribution in [1.29, 1.82) is 0 Å². The number of nitrogens with two attached hydrogens (primary N) is 1. The van der Waals surface area contributed by atoms with E-state index in [9.17, 15) is 0 Å². The van der Waals surface area contributed by atoms with E-state index in [2.05, 4.69) is 43.5 Å². The zero-order chi connectivity index (χ0) is 13.0. The Labute approximate surface area is 108 Å². The van der Waals surface area contributed by atoms with E-state index in [4.69, 9.17) is 10.3 Å². The third kappa shape index (κ3) is 2.63. The summed E-state index contributed by atoms with van der Waals surface area (Å²) in [7, 11) is 0. The summed E-state index contributed by atoms with van der Waals surface area (Å²) < 4.78 is 5.75. The summed E-state index contributed by atoms with van der Waals surface area (Å²) in [6.45, 7) is 4.22. The second-order valence-corrected chi connectivity index (χ2v) is 4.35. The van der Waals surface area contributed by atoms with E-state index in [1.165, 1.54) is 5.56 Å². The van der Waals surface area contributed by atoms with Crippen LogP contribution in [0.1, 0.15) is 42.5 Å². The Morgan fingerprint density at radius 3 is 2.28 bits per heavy atom. The summed E-state index contributed by atoms with van der Waals surface area (Å²) >= 11 is 0. The Hall–Kier alpha value is -1.58. The van der Waals surface area contributed by atoms with E-state index < -0.39 is 0 Å². The highest BCUT2D eigenvalue weighted by atomic mass is 16.3. The predicted octanol–water partition coefficient (Wildman–Crippen LogP) is 2.96. The Bertz CT molecular complexity index is 487. The summed E-state index contributed by atoms with van der Waals surface area (Å²) in [4.78, 5) is 0. The van der Waals surface area contributed by atoms with Gasteiger partial charge in [0.15, 0.2) is 0 Å². The monoisotopic (exact) mass is 244 g/mol. The van der Waals surface area contributed by atoms with E-state index in [1.54, 1.807) is 0 Å². The van der Waals surface area contributed by atoms with Crippen LogP contribution < -0.4 is 11.3 Å². The zero-order valence-corrected chi connectivity index (χ0v) is 10.9. The van der Waals surface area contributed by atoms with Gasteiger partial charge in [-0.3, -0.25) is 5.84 Å². The lowest BCUT2D eigenvalue weighted by Crippen LogP contribution is -2.28. The van der Waals surface area contributed by atoms with Gasteiger partial charge in [0.1, 0.15) is 17.6 Å². The molecule has 2 aromatic rings. The van der Waals surface area contributed by atoms with Gasteiger partial charge < -0.3 is 4.42 Å². The largest absolute Gasteiger partial charge is 0.464 e. The van der Waals surface area contributed by atoms with Gasteiger partial charge >= 0.3 is 0 Å². The third-order valence-corrected chi connectivity index (χ3v) is 3.20. The molecule has 1 unspecified atom stereocenters. The Morgan fingerprint density at radius 1 is 1.06 bits per heavy atom. The summed E-state index contributed by atoms with van der Waals surface area (Å²) in [6, 6.07) is 12.3. The molecule has 0 radical (unpaired) electrons. The maximum atomic E-state index is 5.75. The van der Waals surface area contributed by atoms with Crippen LogP contribution in [-0.2, 0) is 12.8 Å². The highest BCUT2D eigenvalue weighted by Crippen LogP contribution is 2.24. The highest BCUT2D eigenvalue weighted by molar-refractivity contribution is 5.30. The lowest BCUT2D eigenvalue weighted by Gasteiger charge is -2.14. The second-order valence-electron chi connectivity index (χ2n) is 4.35. The fourth-order valence-electron chi connectivity index (χ4n) is 2.03. The molecular weight excluding hydrogens is 224 g/mol. The zero-order valence-electron chi connectivity index (χ0n) is 10.9. The minimum atomic E-state index is -0.0868. The van der Waals surface area contributed by atoms with Crippen LogP contribution in [0.3, 0.4) is 0 Å². The van der Waals surface area contributed by atoms with Crippen LogP contribution >= 0.6 is 0 Å². The van der Waals surface area contributed by atoms with Gasteiger partial charge in [0.25, 0.3) is 0 Å². The SMILES string of the molecule is CCc1ccc(C(NN)c2ccc(CC)o2)cc1. The predicted molar refractivity (Wildman–Crippen MR) is 73.1 cm³/mol. The number of rotatable bonds is 5. The van der Waals surface area contributed by atoms with E-state index in [0.29, 0.717) is 0 Å². The average Bonchev–Trinajstić information content (AvgIpc) is 2.89. The third-order valence-electron chi connectivity index (χ3n) is 3.20. The number of aryl methyl sites for hydroxylation is 2. The van der Waals surface area contributed by atoms with Gasteiger partial charge in [-0.05, 0) is 29.7 Å². The summed E-state index contributed by atoms with van der Waals surface area (Å²) in [5.74, 6) is 7.49. The van der Waals surface area contributed by atoms with Gasteiger partial charge in [-0.1, -0.05) is 38.1 Å². The lowest BCUT2D eigenvalue weighted by molar-refractivity contribution is 0.425. The van der Waals surface area contributed by atoms with Gasteiger partial charge in [0, 0.05) is 6.42 Å². The van der Waals surface area contributed by atoms with Crippen molar-refractivity contribution >= 4 is 0 Å². The van der Waals surface area contributed by atoms with Crippen LogP contribution in [-0.4, -0.2) is 0 Å². The number of furan rings is 1. The van der Waals surface area contributed by atoms with Crippen molar-refractivity contribution in [2.75, 3.05) is 0 Å². The number of nitrogens with one attached hydrogen (secondary N) is 1. The van der Waals surface area contributed by atoms with Crippen molar-refractivity contribution in [2.45, 2.75) is 32.7 Å². The molecule has 0 amide bonds. The molecule has 0 fully saturated rings. The molecule has 1 aromatic heterocycles. The Balaban J connectivity index is 2.26. The second kappa shape index (κ2) is 5.85. The molecule has 96 valence electrons. The van der Waals surface area contributed by atoms with Crippen molar-refractivity contribution in [3.8, 4) is 0 Å². The van der Waals surface area contributed by atoms with Crippen LogP contribution in [0.5, 0.6) is 0 Å². The first-order valence-electron chi connectivity index (χ1n) is 6.42. The molecule has 0 aliphatic carbocycles. The topological polar surface area (TPSA) is 51.2 Å². The van der Waals surface area contributed by atoms with Crippen molar-refractivity contribution in [3.63, 3.8) is 0 Å². The maximum absolute atomic E-state index is 5.75. The Kier molecular flexibility index (Phi) is 4.18. The summed E-state index contributed by atoms with van der Waals surface area (Å²) in [5, 5.41) is 0. The van der Waals surface area contributed by atoms with Gasteiger partial charge in [-0.25, -0.2) is 5.43 Å². The molecule has 1 heterocycles. The van der Waals surface area contributed by atoms with Crippen molar-refractivity contribution in [2.24, 2.45) is 5.84 Å². The van der Waals surface area contributed by atoms with Gasteiger partial charge in [-0.2, -0.15) is 0 Å². The average molecular weight is 244 g/mol. The maximum Gasteiger partial charge on any atom is 0.126 e. The van der Waals surface area contributed by atoms with Crippen LogP contribution in [0.2, 0.25) is 0 Å². The quantitative estimate of drug-likeness (QED) is 0.628. The van der Waals surface area contributed by atoms with Crippen LogP contribution in [0.4, 0.5) is 0 Å². The Morgan fingerprint density at radius 2 is 1.78 bits per heavy atom. The van der Waals surface area contributed by atoms with Crippen LogP contribution in [0.15, 0.2) is 40.8 Å². The molecule has 3 heteroatoms. The van der Waals surface area contributed by atoms with E-state index in [0.717, 1.165) is 29.9 Å². The molecule has 0 spiro atoms. The molecule has 1 atom stereocenters. The number of hydrogen-bond acceptors (Lipinski definition) is 3. The van der Waals surface area contributed by atoms with E-state index >= 15 is 0 Å².